The minimum atomic E-state index is 0.784. The highest BCUT2D eigenvalue weighted by atomic mass is 15.2. The van der Waals surface area contributed by atoms with E-state index in [4.69, 9.17) is 0 Å². The zero-order chi connectivity index (χ0) is 13.6. The van der Waals surface area contributed by atoms with Gasteiger partial charge in [0.05, 0.1) is 0 Å². The SMILES string of the molecule is CC(C)C1CC(N2CCC3(CC2)CC(C(C)C)C3)C1. The summed E-state index contributed by atoms with van der Waals surface area (Å²) in [6.07, 6.45) is 9.05. The van der Waals surface area contributed by atoms with Crippen LogP contribution in [0.15, 0.2) is 0 Å². The van der Waals surface area contributed by atoms with Crippen molar-refractivity contribution in [1.29, 1.82) is 0 Å². The van der Waals surface area contributed by atoms with Crippen molar-refractivity contribution >= 4 is 0 Å². The molecule has 1 nitrogen and oxygen atoms in total. The number of likely N-dealkylation sites (tertiary alicyclic amines) is 1. The van der Waals surface area contributed by atoms with E-state index in [0.717, 1.165) is 35.1 Å². The van der Waals surface area contributed by atoms with E-state index in [2.05, 4.69) is 32.6 Å². The van der Waals surface area contributed by atoms with Crippen molar-refractivity contribution in [2.75, 3.05) is 13.1 Å². The van der Waals surface area contributed by atoms with Gasteiger partial charge in [-0.05, 0) is 80.7 Å². The molecule has 110 valence electrons. The Morgan fingerprint density at radius 3 is 1.84 bits per heavy atom. The predicted molar refractivity (Wildman–Crippen MR) is 82.2 cm³/mol. The summed E-state index contributed by atoms with van der Waals surface area (Å²) in [6, 6.07) is 0.950. The van der Waals surface area contributed by atoms with E-state index in [-0.39, 0.29) is 0 Å². The quantitative estimate of drug-likeness (QED) is 0.721. The fourth-order valence-electron chi connectivity index (χ4n) is 4.77. The molecule has 1 saturated heterocycles. The molecular weight excluding hydrogens is 230 g/mol. The number of rotatable bonds is 3. The van der Waals surface area contributed by atoms with Crippen LogP contribution in [0.3, 0.4) is 0 Å². The number of nitrogens with zero attached hydrogens (tertiary/aromatic N) is 1. The minimum Gasteiger partial charge on any atom is -0.300 e. The highest BCUT2D eigenvalue weighted by Crippen LogP contribution is 2.55. The molecule has 2 saturated carbocycles. The van der Waals surface area contributed by atoms with Crippen molar-refractivity contribution in [2.24, 2.45) is 29.1 Å². The Morgan fingerprint density at radius 1 is 0.842 bits per heavy atom. The molecule has 0 aromatic carbocycles. The van der Waals surface area contributed by atoms with E-state index in [1.165, 1.54) is 51.6 Å². The molecule has 0 amide bonds. The molecule has 0 N–H and O–H groups in total. The summed E-state index contributed by atoms with van der Waals surface area (Å²) in [7, 11) is 0. The molecule has 1 aliphatic heterocycles. The Hall–Kier alpha value is -0.0400. The number of hydrogen-bond donors (Lipinski definition) is 0. The molecule has 1 heterocycles. The normalized spacial score (nSPS) is 35.7. The standard InChI is InChI=1S/C18H33N/c1-13(2)15-9-17(10-15)19-7-5-18(6-8-19)11-16(12-18)14(3)4/h13-17H,5-12H2,1-4H3. The van der Waals surface area contributed by atoms with E-state index in [1.54, 1.807) is 0 Å². The molecule has 2 aliphatic carbocycles. The Balaban J connectivity index is 1.42. The van der Waals surface area contributed by atoms with Crippen LogP contribution in [-0.4, -0.2) is 24.0 Å². The molecule has 0 atom stereocenters. The molecule has 1 heteroatoms. The molecule has 0 unspecified atom stereocenters. The van der Waals surface area contributed by atoms with Gasteiger partial charge in [-0.15, -0.1) is 0 Å². The molecule has 0 bridgehead atoms. The van der Waals surface area contributed by atoms with Crippen LogP contribution < -0.4 is 0 Å². The highest BCUT2D eigenvalue weighted by molar-refractivity contribution is 5.00. The Labute approximate surface area is 120 Å². The lowest BCUT2D eigenvalue weighted by Crippen LogP contribution is -2.54. The average Bonchev–Trinajstić information content (AvgIpc) is 2.24. The Bertz CT molecular complexity index is 298. The maximum absolute atomic E-state index is 2.83. The first-order valence-corrected chi connectivity index (χ1v) is 8.73. The molecule has 0 aromatic rings. The fraction of sp³-hybridized carbons (Fsp3) is 1.00. The first-order valence-electron chi connectivity index (χ1n) is 8.73. The third-order valence-corrected chi connectivity index (χ3v) is 6.80. The summed E-state index contributed by atoms with van der Waals surface area (Å²) >= 11 is 0. The summed E-state index contributed by atoms with van der Waals surface area (Å²) in [4.78, 5) is 2.83. The van der Waals surface area contributed by atoms with Gasteiger partial charge in [0.25, 0.3) is 0 Å². The van der Waals surface area contributed by atoms with Crippen LogP contribution in [0, 0.1) is 29.1 Å². The van der Waals surface area contributed by atoms with Gasteiger partial charge >= 0.3 is 0 Å². The summed E-state index contributed by atoms with van der Waals surface area (Å²) in [6.45, 7) is 12.4. The molecular formula is C18H33N. The second-order valence-electron chi connectivity index (χ2n) is 8.58. The lowest BCUT2D eigenvalue weighted by atomic mass is 9.55. The second-order valence-corrected chi connectivity index (χ2v) is 8.58. The zero-order valence-electron chi connectivity index (χ0n) is 13.5. The van der Waals surface area contributed by atoms with Crippen LogP contribution in [0.25, 0.3) is 0 Å². The van der Waals surface area contributed by atoms with Gasteiger partial charge in [0.1, 0.15) is 0 Å². The summed E-state index contributed by atoms with van der Waals surface area (Å²) in [5.74, 6) is 3.89. The van der Waals surface area contributed by atoms with Crippen molar-refractivity contribution in [3.63, 3.8) is 0 Å². The van der Waals surface area contributed by atoms with Crippen molar-refractivity contribution in [3.05, 3.63) is 0 Å². The average molecular weight is 263 g/mol. The van der Waals surface area contributed by atoms with E-state index < -0.39 is 0 Å². The Morgan fingerprint density at radius 2 is 1.37 bits per heavy atom. The van der Waals surface area contributed by atoms with E-state index in [9.17, 15) is 0 Å². The molecule has 19 heavy (non-hydrogen) atoms. The number of piperidine rings is 1. The van der Waals surface area contributed by atoms with Gasteiger partial charge in [-0.3, -0.25) is 0 Å². The van der Waals surface area contributed by atoms with Gasteiger partial charge in [0.2, 0.25) is 0 Å². The van der Waals surface area contributed by atoms with Gasteiger partial charge in [-0.1, -0.05) is 27.7 Å². The van der Waals surface area contributed by atoms with Crippen molar-refractivity contribution in [1.82, 2.24) is 4.90 Å². The minimum absolute atomic E-state index is 0.784. The van der Waals surface area contributed by atoms with Gasteiger partial charge < -0.3 is 4.90 Å². The third kappa shape index (κ3) is 2.60. The van der Waals surface area contributed by atoms with Crippen molar-refractivity contribution in [2.45, 2.75) is 72.3 Å². The maximum Gasteiger partial charge on any atom is 0.0101 e. The summed E-state index contributed by atoms with van der Waals surface area (Å²) < 4.78 is 0. The van der Waals surface area contributed by atoms with E-state index in [0.29, 0.717) is 0 Å². The van der Waals surface area contributed by atoms with Gasteiger partial charge in [0, 0.05) is 6.04 Å². The summed E-state index contributed by atoms with van der Waals surface area (Å²) in [5, 5.41) is 0. The molecule has 0 radical (unpaired) electrons. The van der Waals surface area contributed by atoms with Gasteiger partial charge in [-0.25, -0.2) is 0 Å². The van der Waals surface area contributed by atoms with Gasteiger partial charge in [-0.2, -0.15) is 0 Å². The van der Waals surface area contributed by atoms with E-state index >= 15 is 0 Å². The van der Waals surface area contributed by atoms with Crippen molar-refractivity contribution < 1.29 is 0 Å². The highest BCUT2D eigenvalue weighted by Gasteiger charge is 2.48. The third-order valence-electron chi connectivity index (χ3n) is 6.80. The molecule has 3 fully saturated rings. The largest absolute Gasteiger partial charge is 0.300 e. The monoisotopic (exact) mass is 263 g/mol. The maximum atomic E-state index is 2.83. The first kappa shape index (κ1) is 13.9. The van der Waals surface area contributed by atoms with Crippen LogP contribution >= 0.6 is 0 Å². The molecule has 1 spiro atoms. The molecule has 0 aromatic heterocycles. The van der Waals surface area contributed by atoms with Crippen LogP contribution in [0.1, 0.15) is 66.2 Å². The van der Waals surface area contributed by atoms with Crippen LogP contribution in [0.2, 0.25) is 0 Å². The molecule has 3 rings (SSSR count). The van der Waals surface area contributed by atoms with Crippen LogP contribution in [-0.2, 0) is 0 Å². The first-order chi connectivity index (χ1) is 8.99. The lowest BCUT2D eigenvalue weighted by molar-refractivity contribution is -0.0577. The van der Waals surface area contributed by atoms with Crippen LogP contribution in [0.5, 0.6) is 0 Å². The lowest BCUT2D eigenvalue weighted by Gasteiger charge is -2.56. The Kier molecular flexibility index (Phi) is 3.71. The van der Waals surface area contributed by atoms with Gasteiger partial charge in [0.15, 0.2) is 0 Å². The fourth-order valence-corrected chi connectivity index (χ4v) is 4.77. The zero-order valence-corrected chi connectivity index (χ0v) is 13.5. The number of hydrogen-bond acceptors (Lipinski definition) is 1. The summed E-state index contributed by atoms with van der Waals surface area (Å²) in [5.41, 5.74) is 0.784. The smallest absolute Gasteiger partial charge is 0.0101 e. The van der Waals surface area contributed by atoms with Crippen molar-refractivity contribution in [3.8, 4) is 0 Å². The topological polar surface area (TPSA) is 3.24 Å². The second kappa shape index (κ2) is 5.06. The predicted octanol–water partition coefficient (Wildman–Crippen LogP) is 4.57. The molecule has 3 aliphatic rings. The van der Waals surface area contributed by atoms with E-state index in [1.807, 2.05) is 0 Å². The van der Waals surface area contributed by atoms with Crippen LogP contribution in [0.4, 0.5) is 0 Å².